The number of hydrogen-bond donors (Lipinski definition) is 2. The van der Waals surface area contributed by atoms with Gasteiger partial charge in [0.05, 0.1) is 5.56 Å². The molecule has 0 atom stereocenters. The Morgan fingerprint density at radius 3 is 2.84 bits per heavy atom. The maximum absolute atomic E-state index is 13.2. The highest BCUT2D eigenvalue weighted by Gasteiger charge is 2.14. The summed E-state index contributed by atoms with van der Waals surface area (Å²) in [6, 6.07) is 11.8. The average molecular weight is 342 g/mol. The van der Waals surface area contributed by atoms with Crippen LogP contribution in [-0.2, 0) is 6.61 Å². The van der Waals surface area contributed by atoms with Gasteiger partial charge in [-0.3, -0.25) is 4.79 Å². The second-order valence-corrected chi connectivity index (χ2v) is 5.37. The lowest BCUT2D eigenvalue weighted by Crippen LogP contribution is -2.12. The van der Waals surface area contributed by atoms with Gasteiger partial charge in [-0.15, -0.1) is 0 Å². The summed E-state index contributed by atoms with van der Waals surface area (Å²) in [6.45, 7) is 1.83. The third-order valence-electron chi connectivity index (χ3n) is 3.38. The van der Waals surface area contributed by atoms with Gasteiger partial charge in [0, 0.05) is 6.07 Å². The number of carbonyl (C=O) groups excluding carboxylic acids is 1. The lowest BCUT2D eigenvalue weighted by atomic mass is 10.1. The van der Waals surface area contributed by atoms with E-state index in [1.165, 1.54) is 30.3 Å². The van der Waals surface area contributed by atoms with Gasteiger partial charge in [-0.25, -0.2) is 4.39 Å². The Balaban J connectivity index is 1.72. The zero-order valence-electron chi connectivity index (χ0n) is 13.3. The molecule has 0 aliphatic heterocycles. The molecule has 1 aromatic heterocycles. The first kappa shape index (κ1) is 16.5. The van der Waals surface area contributed by atoms with Crippen LogP contribution in [0, 0.1) is 12.7 Å². The van der Waals surface area contributed by atoms with Crippen LogP contribution in [0.15, 0.2) is 53.1 Å². The fourth-order valence-electron chi connectivity index (χ4n) is 2.19. The number of aromatic nitrogens is 1. The molecule has 2 N–H and O–H groups in total. The molecule has 1 amide bonds. The fourth-order valence-corrected chi connectivity index (χ4v) is 2.19. The number of ether oxygens (including phenoxy) is 1. The molecule has 0 radical (unpaired) electrons. The largest absolute Gasteiger partial charge is 0.507 e. The third-order valence-corrected chi connectivity index (χ3v) is 3.38. The minimum atomic E-state index is -0.554. The predicted molar refractivity (Wildman–Crippen MR) is 88.0 cm³/mol. The van der Waals surface area contributed by atoms with Crippen LogP contribution in [0.2, 0.25) is 0 Å². The predicted octanol–water partition coefficient (Wildman–Crippen LogP) is 3.66. The molecule has 0 aliphatic rings. The number of hydrogen-bond acceptors (Lipinski definition) is 5. The van der Waals surface area contributed by atoms with Gasteiger partial charge in [0.15, 0.2) is 5.82 Å². The third kappa shape index (κ3) is 4.14. The van der Waals surface area contributed by atoms with E-state index in [1.807, 2.05) is 0 Å². The molecule has 128 valence electrons. The molecule has 0 saturated carbocycles. The van der Waals surface area contributed by atoms with Crippen molar-refractivity contribution in [2.75, 3.05) is 5.32 Å². The Hall–Kier alpha value is -3.35. The van der Waals surface area contributed by atoms with E-state index in [0.29, 0.717) is 17.1 Å². The highest BCUT2D eigenvalue weighted by Crippen LogP contribution is 2.25. The number of phenolic OH excluding ortho intramolecular Hbond substituents is 1. The summed E-state index contributed by atoms with van der Waals surface area (Å²) in [5.74, 6) is 0.0517. The monoisotopic (exact) mass is 342 g/mol. The van der Waals surface area contributed by atoms with Gasteiger partial charge in [-0.1, -0.05) is 17.3 Å². The van der Waals surface area contributed by atoms with Crippen LogP contribution in [0.1, 0.15) is 21.7 Å². The standard InChI is InChI=1S/C18H15FN2O4/c1-11-7-17(21-25-11)20-18(23)15-9-14(5-6-16(15)22)24-10-12-3-2-4-13(19)8-12/h2-9,22H,10H2,1H3,(H,20,21,23). The number of benzene rings is 2. The van der Waals surface area contributed by atoms with Crippen LogP contribution in [0.25, 0.3) is 0 Å². The number of aryl methyl sites for hydroxylation is 1. The summed E-state index contributed by atoms with van der Waals surface area (Å²) in [5, 5.41) is 16.1. The van der Waals surface area contributed by atoms with Gasteiger partial charge in [0.25, 0.3) is 5.91 Å². The van der Waals surface area contributed by atoms with Crippen LogP contribution in [0.3, 0.4) is 0 Å². The second kappa shape index (κ2) is 7.04. The zero-order valence-corrected chi connectivity index (χ0v) is 13.3. The number of aromatic hydroxyl groups is 1. The van der Waals surface area contributed by atoms with Gasteiger partial charge in [-0.2, -0.15) is 0 Å². The minimum absolute atomic E-state index is 0.0254. The highest BCUT2D eigenvalue weighted by molar-refractivity contribution is 6.05. The van der Waals surface area contributed by atoms with Gasteiger partial charge >= 0.3 is 0 Å². The van der Waals surface area contributed by atoms with Crippen molar-refractivity contribution in [2.45, 2.75) is 13.5 Å². The Kier molecular flexibility index (Phi) is 4.65. The average Bonchev–Trinajstić information content (AvgIpc) is 2.99. The Morgan fingerprint density at radius 1 is 1.28 bits per heavy atom. The van der Waals surface area contributed by atoms with Crippen LogP contribution < -0.4 is 10.1 Å². The maximum atomic E-state index is 13.2. The summed E-state index contributed by atoms with van der Waals surface area (Å²) < 4.78 is 23.6. The Morgan fingerprint density at radius 2 is 2.12 bits per heavy atom. The van der Waals surface area contributed by atoms with Crippen LogP contribution >= 0.6 is 0 Å². The van der Waals surface area contributed by atoms with Gasteiger partial charge in [0.1, 0.15) is 29.7 Å². The van der Waals surface area contributed by atoms with Crippen molar-refractivity contribution in [3.05, 3.63) is 71.2 Å². The van der Waals surface area contributed by atoms with Crippen molar-refractivity contribution in [1.82, 2.24) is 5.16 Å². The molecule has 0 unspecified atom stereocenters. The number of rotatable bonds is 5. The van der Waals surface area contributed by atoms with Crippen molar-refractivity contribution < 1.29 is 23.6 Å². The van der Waals surface area contributed by atoms with Crippen LogP contribution in [0.5, 0.6) is 11.5 Å². The number of nitrogens with zero attached hydrogens (tertiary/aromatic N) is 1. The summed E-state index contributed by atoms with van der Waals surface area (Å²) >= 11 is 0. The SMILES string of the molecule is Cc1cc(NC(=O)c2cc(OCc3cccc(F)c3)ccc2O)no1. The Labute approximate surface area is 142 Å². The smallest absolute Gasteiger partial charge is 0.260 e. The summed E-state index contributed by atoms with van der Waals surface area (Å²) in [4.78, 5) is 12.3. The highest BCUT2D eigenvalue weighted by atomic mass is 19.1. The molecule has 0 spiro atoms. The molecular weight excluding hydrogens is 327 g/mol. The van der Waals surface area contributed by atoms with Crippen molar-refractivity contribution in [2.24, 2.45) is 0 Å². The molecule has 6 nitrogen and oxygen atoms in total. The molecule has 3 rings (SSSR count). The quantitative estimate of drug-likeness (QED) is 0.739. The summed E-state index contributed by atoms with van der Waals surface area (Å²) in [6.07, 6.45) is 0. The van der Waals surface area contributed by atoms with Gasteiger partial charge < -0.3 is 19.7 Å². The molecule has 7 heteroatoms. The van der Waals surface area contributed by atoms with Gasteiger partial charge in [0.2, 0.25) is 0 Å². The second-order valence-electron chi connectivity index (χ2n) is 5.37. The molecule has 0 fully saturated rings. The molecule has 2 aromatic carbocycles. The first-order valence-corrected chi connectivity index (χ1v) is 7.46. The van der Waals surface area contributed by atoms with Crippen molar-refractivity contribution >= 4 is 11.7 Å². The maximum Gasteiger partial charge on any atom is 0.260 e. The number of carbonyl (C=O) groups is 1. The number of nitrogens with one attached hydrogen (secondary N) is 1. The molecule has 0 saturated heterocycles. The molecule has 1 heterocycles. The van der Waals surface area contributed by atoms with Crippen molar-refractivity contribution in [3.63, 3.8) is 0 Å². The lowest BCUT2D eigenvalue weighted by Gasteiger charge is -2.09. The molecule has 25 heavy (non-hydrogen) atoms. The number of amides is 1. The fraction of sp³-hybridized carbons (Fsp3) is 0.111. The molecule has 0 aliphatic carbocycles. The minimum Gasteiger partial charge on any atom is -0.507 e. The van der Waals surface area contributed by atoms with E-state index in [2.05, 4.69) is 10.5 Å². The summed E-state index contributed by atoms with van der Waals surface area (Å²) in [5.41, 5.74) is 0.676. The molecule has 0 bridgehead atoms. The van der Waals surface area contributed by atoms with E-state index in [1.54, 1.807) is 25.1 Å². The van der Waals surface area contributed by atoms with Crippen molar-refractivity contribution in [3.8, 4) is 11.5 Å². The first-order chi connectivity index (χ1) is 12.0. The molecule has 3 aromatic rings. The Bertz CT molecular complexity index is 908. The number of anilines is 1. The van der Waals surface area contributed by atoms with Crippen molar-refractivity contribution in [1.29, 1.82) is 0 Å². The van der Waals surface area contributed by atoms with E-state index >= 15 is 0 Å². The van der Waals surface area contributed by atoms with E-state index in [0.717, 1.165) is 0 Å². The van der Waals surface area contributed by atoms with Crippen LogP contribution in [-0.4, -0.2) is 16.2 Å². The van der Waals surface area contributed by atoms with Gasteiger partial charge in [-0.05, 0) is 42.8 Å². The first-order valence-electron chi connectivity index (χ1n) is 7.46. The topological polar surface area (TPSA) is 84.6 Å². The van der Waals surface area contributed by atoms with E-state index in [-0.39, 0.29) is 29.6 Å². The van der Waals surface area contributed by atoms with E-state index < -0.39 is 5.91 Å². The molecular formula is C18H15FN2O4. The summed E-state index contributed by atoms with van der Waals surface area (Å²) in [7, 11) is 0. The lowest BCUT2D eigenvalue weighted by molar-refractivity contribution is 0.102. The number of halogens is 1. The zero-order chi connectivity index (χ0) is 17.8. The van der Waals surface area contributed by atoms with E-state index in [9.17, 15) is 14.3 Å². The van der Waals surface area contributed by atoms with E-state index in [4.69, 9.17) is 9.26 Å². The van der Waals surface area contributed by atoms with Crippen LogP contribution in [0.4, 0.5) is 10.2 Å². The normalized spacial score (nSPS) is 10.5. The number of phenols is 1.